The first-order valence-corrected chi connectivity index (χ1v) is 4.77. The molecule has 0 radical (unpaired) electrons. The van der Waals surface area contributed by atoms with Gasteiger partial charge in [-0.15, -0.1) is 0 Å². The van der Waals surface area contributed by atoms with Crippen LogP contribution >= 0.6 is 0 Å². The van der Waals surface area contributed by atoms with Crippen molar-refractivity contribution >= 4 is 5.91 Å². The molecule has 0 spiro atoms. The van der Waals surface area contributed by atoms with E-state index in [4.69, 9.17) is 5.11 Å². The van der Waals surface area contributed by atoms with Gasteiger partial charge in [-0.3, -0.25) is 4.79 Å². The fraction of sp³-hybridized carbons (Fsp3) is 0.889. The molecule has 1 heterocycles. The molecule has 13 heavy (non-hydrogen) atoms. The summed E-state index contributed by atoms with van der Waals surface area (Å²) >= 11 is 0. The summed E-state index contributed by atoms with van der Waals surface area (Å²) in [4.78, 5) is 13.1. The number of hydrogen-bond acceptors (Lipinski definition) is 3. The number of carbonyl (C=O) groups is 1. The molecule has 0 unspecified atom stereocenters. The van der Waals surface area contributed by atoms with Crippen LogP contribution in [0.2, 0.25) is 0 Å². The van der Waals surface area contributed by atoms with E-state index in [1.54, 1.807) is 0 Å². The fourth-order valence-electron chi connectivity index (χ4n) is 2.22. The van der Waals surface area contributed by atoms with Gasteiger partial charge in [-0.05, 0) is 19.3 Å². The van der Waals surface area contributed by atoms with E-state index in [0.29, 0.717) is 19.3 Å². The lowest BCUT2D eigenvalue weighted by atomic mass is 9.75. The zero-order valence-electron chi connectivity index (χ0n) is 7.57. The standard InChI is InChI=1S/C9H15NO3/c11-6-9(13)4-7(5-9)10-3-1-2-8(10)12/h7,11,13H,1-6H2. The van der Waals surface area contributed by atoms with Gasteiger partial charge in [0.05, 0.1) is 12.2 Å². The first kappa shape index (κ1) is 8.97. The Hall–Kier alpha value is -0.610. The van der Waals surface area contributed by atoms with Gasteiger partial charge in [0, 0.05) is 19.0 Å². The molecule has 2 fully saturated rings. The average molecular weight is 185 g/mol. The molecule has 0 bridgehead atoms. The van der Waals surface area contributed by atoms with E-state index in [1.165, 1.54) is 0 Å². The molecule has 0 aromatic rings. The van der Waals surface area contributed by atoms with Crippen LogP contribution < -0.4 is 0 Å². The number of amides is 1. The lowest BCUT2D eigenvalue weighted by Gasteiger charge is -2.46. The maximum atomic E-state index is 11.3. The molecular formula is C9H15NO3. The molecule has 0 aromatic heterocycles. The van der Waals surface area contributed by atoms with Crippen molar-refractivity contribution in [3.05, 3.63) is 0 Å². The molecule has 74 valence electrons. The van der Waals surface area contributed by atoms with Gasteiger partial charge in [-0.1, -0.05) is 0 Å². The second-order valence-electron chi connectivity index (χ2n) is 4.14. The molecular weight excluding hydrogens is 170 g/mol. The van der Waals surface area contributed by atoms with Crippen LogP contribution in [0.3, 0.4) is 0 Å². The molecule has 1 aliphatic heterocycles. The van der Waals surface area contributed by atoms with Crippen molar-refractivity contribution in [1.29, 1.82) is 0 Å². The van der Waals surface area contributed by atoms with Crippen LogP contribution in [0, 0.1) is 0 Å². The highest BCUT2D eigenvalue weighted by Gasteiger charge is 2.46. The number of hydrogen-bond donors (Lipinski definition) is 2. The summed E-state index contributed by atoms with van der Waals surface area (Å²) in [6.45, 7) is 0.635. The minimum Gasteiger partial charge on any atom is -0.393 e. The van der Waals surface area contributed by atoms with Gasteiger partial charge in [0.15, 0.2) is 0 Å². The minimum absolute atomic E-state index is 0.173. The highest BCUT2D eigenvalue weighted by Crippen LogP contribution is 2.37. The Kier molecular flexibility index (Phi) is 2.04. The summed E-state index contributed by atoms with van der Waals surface area (Å²) in [5, 5.41) is 18.4. The van der Waals surface area contributed by atoms with Crippen LogP contribution in [0.5, 0.6) is 0 Å². The maximum Gasteiger partial charge on any atom is 0.222 e. The van der Waals surface area contributed by atoms with Crippen molar-refractivity contribution in [1.82, 2.24) is 4.90 Å². The Bertz CT molecular complexity index is 223. The van der Waals surface area contributed by atoms with Gasteiger partial charge in [0.25, 0.3) is 0 Å². The topological polar surface area (TPSA) is 60.8 Å². The van der Waals surface area contributed by atoms with Gasteiger partial charge < -0.3 is 15.1 Å². The summed E-state index contributed by atoms with van der Waals surface area (Å²) in [5.41, 5.74) is -0.909. The monoisotopic (exact) mass is 185 g/mol. The highest BCUT2D eigenvalue weighted by atomic mass is 16.3. The first-order chi connectivity index (χ1) is 6.14. The molecule has 1 amide bonds. The molecule has 4 heteroatoms. The van der Waals surface area contributed by atoms with E-state index < -0.39 is 5.60 Å². The molecule has 2 rings (SSSR count). The van der Waals surface area contributed by atoms with Gasteiger partial charge >= 0.3 is 0 Å². The summed E-state index contributed by atoms with van der Waals surface area (Å²) in [5.74, 6) is 0.199. The van der Waals surface area contributed by atoms with Crippen molar-refractivity contribution in [2.24, 2.45) is 0 Å². The van der Waals surface area contributed by atoms with E-state index >= 15 is 0 Å². The number of carbonyl (C=O) groups excluding carboxylic acids is 1. The number of likely N-dealkylation sites (tertiary alicyclic amines) is 1. The second kappa shape index (κ2) is 2.96. The Balaban J connectivity index is 1.89. The average Bonchev–Trinajstić information content (AvgIpc) is 2.46. The minimum atomic E-state index is -0.909. The molecule has 1 saturated carbocycles. The smallest absolute Gasteiger partial charge is 0.222 e. The van der Waals surface area contributed by atoms with E-state index in [1.807, 2.05) is 4.90 Å². The quantitative estimate of drug-likeness (QED) is 0.609. The van der Waals surface area contributed by atoms with E-state index in [-0.39, 0.29) is 18.6 Å². The van der Waals surface area contributed by atoms with Crippen LogP contribution in [0.1, 0.15) is 25.7 Å². The summed E-state index contributed by atoms with van der Waals surface area (Å²) < 4.78 is 0. The van der Waals surface area contributed by atoms with E-state index in [0.717, 1.165) is 13.0 Å². The maximum absolute atomic E-state index is 11.3. The third-order valence-corrected chi connectivity index (χ3v) is 3.08. The van der Waals surface area contributed by atoms with E-state index in [9.17, 15) is 9.90 Å². The first-order valence-electron chi connectivity index (χ1n) is 4.77. The molecule has 2 N–H and O–H groups in total. The third kappa shape index (κ3) is 1.44. The number of aliphatic hydroxyl groups excluding tert-OH is 1. The van der Waals surface area contributed by atoms with Crippen molar-refractivity contribution in [3.8, 4) is 0 Å². The summed E-state index contributed by atoms with van der Waals surface area (Å²) in [6.07, 6.45) is 2.66. The van der Waals surface area contributed by atoms with Crippen LogP contribution in [-0.2, 0) is 4.79 Å². The predicted octanol–water partition coefficient (Wildman–Crippen LogP) is -0.505. The zero-order valence-corrected chi connectivity index (χ0v) is 7.57. The fourth-order valence-corrected chi connectivity index (χ4v) is 2.22. The van der Waals surface area contributed by atoms with Gasteiger partial charge in [0.1, 0.15) is 0 Å². The molecule has 0 aromatic carbocycles. The number of aliphatic hydroxyl groups is 2. The largest absolute Gasteiger partial charge is 0.393 e. The van der Waals surface area contributed by atoms with Crippen LogP contribution in [-0.4, -0.2) is 45.8 Å². The Morgan fingerprint density at radius 1 is 1.54 bits per heavy atom. The highest BCUT2D eigenvalue weighted by molar-refractivity contribution is 5.78. The Morgan fingerprint density at radius 2 is 2.23 bits per heavy atom. The van der Waals surface area contributed by atoms with E-state index in [2.05, 4.69) is 0 Å². The predicted molar refractivity (Wildman–Crippen MR) is 46.0 cm³/mol. The van der Waals surface area contributed by atoms with Gasteiger partial charge in [-0.2, -0.15) is 0 Å². The van der Waals surface area contributed by atoms with Crippen molar-refractivity contribution < 1.29 is 15.0 Å². The summed E-state index contributed by atoms with van der Waals surface area (Å²) in [6, 6.07) is 0.173. The molecule has 1 saturated heterocycles. The van der Waals surface area contributed by atoms with Gasteiger partial charge in [-0.25, -0.2) is 0 Å². The van der Waals surface area contributed by atoms with Crippen LogP contribution in [0.4, 0.5) is 0 Å². The lowest BCUT2D eigenvalue weighted by molar-refractivity contribution is -0.146. The third-order valence-electron chi connectivity index (χ3n) is 3.08. The Morgan fingerprint density at radius 3 is 2.69 bits per heavy atom. The van der Waals surface area contributed by atoms with Crippen molar-refractivity contribution in [3.63, 3.8) is 0 Å². The van der Waals surface area contributed by atoms with Gasteiger partial charge in [0.2, 0.25) is 5.91 Å². The molecule has 2 aliphatic rings. The summed E-state index contributed by atoms with van der Waals surface area (Å²) in [7, 11) is 0. The SMILES string of the molecule is O=C1CCCN1C1CC(O)(CO)C1. The molecule has 0 atom stereocenters. The van der Waals surface area contributed by atoms with Crippen LogP contribution in [0.15, 0.2) is 0 Å². The zero-order chi connectivity index (χ0) is 9.47. The normalized spacial score (nSPS) is 39.4. The Labute approximate surface area is 77.2 Å². The number of rotatable bonds is 2. The van der Waals surface area contributed by atoms with Crippen LogP contribution in [0.25, 0.3) is 0 Å². The lowest BCUT2D eigenvalue weighted by Crippen LogP contribution is -2.57. The van der Waals surface area contributed by atoms with Crippen molar-refractivity contribution in [2.75, 3.05) is 13.2 Å². The second-order valence-corrected chi connectivity index (χ2v) is 4.14. The number of nitrogens with zero attached hydrogens (tertiary/aromatic N) is 1. The molecule has 1 aliphatic carbocycles. The molecule has 4 nitrogen and oxygen atoms in total. The van der Waals surface area contributed by atoms with Crippen molar-refractivity contribution in [2.45, 2.75) is 37.3 Å².